The Bertz CT molecular complexity index is 937. The van der Waals surface area contributed by atoms with Crippen LogP contribution in [0.5, 0.6) is 0 Å². The molecule has 0 aliphatic rings. The zero-order valence-electron chi connectivity index (χ0n) is 14.4. The van der Waals surface area contributed by atoms with Gasteiger partial charge in [0.1, 0.15) is 5.82 Å². The highest BCUT2D eigenvalue weighted by Gasteiger charge is 2.12. The van der Waals surface area contributed by atoms with Crippen molar-refractivity contribution in [2.24, 2.45) is 0 Å². The Morgan fingerprint density at radius 3 is 2.85 bits per heavy atom. The van der Waals surface area contributed by atoms with Crippen LogP contribution in [0.25, 0.3) is 0 Å². The number of aryl methyl sites for hydroxylation is 1. The maximum absolute atomic E-state index is 14.0. The average molecular weight is 472 g/mol. The first-order valence-corrected chi connectivity index (χ1v) is 9.76. The molecule has 0 spiro atoms. The van der Waals surface area contributed by atoms with Gasteiger partial charge in [0, 0.05) is 41.6 Å². The van der Waals surface area contributed by atoms with Gasteiger partial charge in [0.05, 0.1) is 17.2 Å². The van der Waals surface area contributed by atoms with E-state index >= 15 is 0 Å². The van der Waals surface area contributed by atoms with E-state index in [1.165, 1.54) is 6.07 Å². The van der Waals surface area contributed by atoms with Crippen LogP contribution in [0.1, 0.15) is 18.1 Å². The largest absolute Gasteiger partial charge is 0.358 e. The Balaban J connectivity index is 1.61. The second-order valence-corrected chi connectivity index (χ2v) is 7.41. The van der Waals surface area contributed by atoms with Gasteiger partial charge in [0.15, 0.2) is 10.9 Å². The third-order valence-electron chi connectivity index (χ3n) is 3.79. The van der Waals surface area contributed by atoms with E-state index in [-0.39, 0.29) is 12.4 Å². The monoisotopic (exact) mass is 470 g/mol. The molecule has 1 aromatic carbocycles. The fraction of sp³-hybridized carbons (Fsp3) is 0.235. The zero-order chi connectivity index (χ0) is 19.4. The molecular weight excluding hydrogens is 455 g/mol. The molecule has 142 valence electrons. The molecule has 0 amide bonds. The maximum Gasteiger partial charge on any atom is 0.172 e. The smallest absolute Gasteiger partial charge is 0.172 e. The summed E-state index contributed by atoms with van der Waals surface area (Å²) in [6.45, 7) is 3.61. The van der Waals surface area contributed by atoms with Crippen molar-refractivity contribution < 1.29 is 4.39 Å². The minimum atomic E-state index is -0.367. The fourth-order valence-electron chi connectivity index (χ4n) is 2.41. The summed E-state index contributed by atoms with van der Waals surface area (Å²) in [4.78, 5) is 0. The number of halogens is 3. The van der Waals surface area contributed by atoms with E-state index in [2.05, 4.69) is 36.8 Å². The van der Waals surface area contributed by atoms with Crippen LogP contribution in [0.4, 0.5) is 10.2 Å². The third-order valence-corrected chi connectivity index (χ3v) is 4.98. The van der Waals surface area contributed by atoms with Crippen LogP contribution >= 0.6 is 39.7 Å². The molecule has 2 heterocycles. The summed E-state index contributed by atoms with van der Waals surface area (Å²) in [7, 11) is 0. The topological polar surface area (TPSA) is 59.7 Å². The first-order valence-electron chi connectivity index (χ1n) is 8.18. The molecule has 0 bridgehead atoms. The van der Waals surface area contributed by atoms with E-state index < -0.39 is 0 Å². The molecule has 0 radical (unpaired) electrons. The predicted octanol–water partition coefficient (Wildman–Crippen LogP) is 4.19. The van der Waals surface area contributed by atoms with E-state index in [0.717, 1.165) is 12.1 Å². The Labute approximate surface area is 174 Å². The number of anilines is 1. The SMILES string of the molecule is CCn1cc(CNC(=S)Nc2nn(Cc3c(F)cccc3Cl)cc2Br)cn1. The van der Waals surface area contributed by atoms with Crippen molar-refractivity contribution in [3.63, 3.8) is 0 Å². The van der Waals surface area contributed by atoms with Crippen molar-refractivity contribution in [3.05, 3.63) is 63.2 Å². The standard InChI is InChI=1S/C17H17BrClFN6S/c1-2-25-8-11(7-22-25)6-21-17(27)23-16-13(18)10-26(24-16)9-12-14(19)4-3-5-15(12)20/h3-5,7-8,10H,2,6,9H2,1H3,(H2,21,23,24,27). The van der Waals surface area contributed by atoms with Gasteiger partial charge in [0.25, 0.3) is 0 Å². The Morgan fingerprint density at radius 1 is 1.33 bits per heavy atom. The molecule has 2 N–H and O–H groups in total. The van der Waals surface area contributed by atoms with E-state index in [1.54, 1.807) is 29.2 Å². The molecule has 0 saturated carbocycles. The Kier molecular flexibility index (Phi) is 6.46. The summed E-state index contributed by atoms with van der Waals surface area (Å²) < 4.78 is 18.1. The van der Waals surface area contributed by atoms with E-state index in [9.17, 15) is 4.39 Å². The second kappa shape index (κ2) is 8.81. The molecule has 0 aliphatic carbocycles. The van der Waals surface area contributed by atoms with E-state index in [1.807, 2.05) is 17.8 Å². The summed E-state index contributed by atoms with van der Waals surface area (Å²) >= 11 is 14.8. The number of benzene rings is 1. The van der Waals surface area contributed by atoms with Crippen LogP contribution in [-0.2, 0) is 19.6 Å². The highest BCUT2D eigenvalue weighted by molar-refractivity contribution is 9.10. The molecule has 3 rings (SSSR count). The number of hydrogen-bond acceptors (Lipinski definition) is 3. The van der Waals surface area contributed by atoms with Crippen LogP contribution in [-0.4, -0.2) is 24.7 Å². The molecule has 0 atom stereocenters. The molecule has 10 heteroatoms. The predicted molar refractivity (Wildman–Crippen MR) is 111 cm³/mol. The van der Waals surface area contributed by atoms with Gasteiger partial charge in [-0.05, 0) is 47.2 Å². The molecule has 0 aliphatic heterocycles. The van der Waals surface area contributed by atoms with Gasteiger partial charge < -0.3 is 10.6 Å². The number of hydrogen-bond donors (Lipinski definition) is 2. The number of aromatic nitrogens is 4. The lowest BCUT2D eigenvalue weighted by Gasteiger charge is -2.08. The van der Waals surface area contributed by atoms with Crippen molar-refractivity contribution in [1.82, 2.24) is 24.9 Å². The molecule has 27 heavy (non-hydrogen) atoms. The van der Waals surface area contributed by atoms with Crippen molar-refractivity contribution in [3.8, 4) is 0 Å². The molecule has 0 unspecified atom stereocenters. The minimum Gasteiger partial charge on any atom is -0.358 e. The first-order chi connectivity index (χ1) is 13.0. The first kappa shape index (κ1) is 19.8. The minimum absolute atomic E-state index is 0.210. The van der Waals surface area contributed by atoms with Gasteiger partial charge in [-0.2, -0.15) is 10.2 Å². The lowest BCUT2D eigenvalue weighted by atomic mass is 10.2. The average Bonchev–Trinajstić information content (AvgIpc) is 3.23. The van der Waals surface area contributed by atoms with E-state index in [0.29, 0.717) is 32.5 Å². The van der Waals surface area contributed by atoms with Gasteiger partial charge >= 0.3 is 0 Å². The van der Waals surface area contributed by atoms with Gasteiger partial charge in [-0.25, -0.2) is 4.39 Å². The maximum atomic E-state index is 14.0. The van der Waals surface area contributed by atoms with Crippen LogP contribution in [0, 0.1) is 5.82 Å². The van der Waals surface area contributed by atoms with Crippen molar-refractivity contribution in [2.45, 2.75) is 26.6 Å². The van der Waals surface area contributed by atoms with Gasteiger partial charge in [0.2, 0.25) is 0 Å². The van der Waals surface area contributed by atoms with Crippen molar-refractivity contribution in [2.75, 3.05) is 5.32 Å². The van der Waals surface area contributed by atoms with Crippen molar-refractivity contribution >= 4 is 50.7 Å². The van der Waals surface area contributed by atoms with Crippen LogP contribution in [0.2, 0.25) is 5.02 Å². The normalized spacial score (nSPS) is 10.8. The number of rotatable bonds is 6. The fourth-order valence-corrected chi connectivity index (χ4v) is 3.22. The van der Waals surface area contributed by atoms with Crippen LogP contribution in [0.3, 0.4) is 0 Å². The number of nitrogens with zero attached hydrogens (tertiary/aromatic N) is 4. The van der Waals surface area contributed by atoms with E-state index in [4.69, 9.17) is 23.8 Å². The molecule has 3 aromatic rings. The Hall–Kier alpha value is -1.97. The van der Waals surface area contributed by atoms with Crippen molar-refractivity contribution in [1.29, 1.82) is 0 Å². The lowest BCUT2D eigenvalue weighted by molar-refractivity contribution is 0.586. The summed E-state index contributed by atoms with van der Waals surface area (Å²) in [5, 5.41) is 15.5. The quantitative estimate of drug-likeness (QED) is 0.528. The third kappa shape index (κ3) is 5.06. The number of thiocarbonyl (C=S) groups is 1. The highest BCUT2D eigenvalue weighted by atomic mass is 79.9. The number of nitrogens with one attached hydrogen (secondary N) is 2. The molecule has 2 aromatic heterocycles. The van der Waals surface area contributed by atoms with Gasteiger partial charge in [-0.15, -0.1) is 0 Å². The zero-order valence-corrected chi connectivity index (χ0v) is 17.6. The van der Waals surface area contributed by atoms with Gasteiger partial charge in [-0.3, -0.25) is 9.36 Å². The molecular formula is C17H17BrClFN6S. The summed E-state index contributed by atoms with van der Waals surface area (Å²) in [5.41, 5.74) is 1.41. The summed E-state index contributed by atoms with van der Waals surface area (Å²) in [6, 6.07) is 4.59. The highest BCUT2D eigenvalue weighted by Crippen LogP contribution is 2.24. The van der Waals surface area contributed by atoms with Gasteiger partial charge in [-0.1, -0.05) is 17.7 Å². The van der Waals surface area contributed by atoms with Crippen LogP contribution < -0.4 is 10.6 Å². The molecule has 6 nitrogen and oxygen atoms in total. The Morgan fingerprint density at radius 2 is 2.15 bits per heavy atom. The second-order valence-electron chi connectivity index (χ2n) is 5.74. The summed E-state index contributed by atoms with van der Waals surface area (Å²) in [6.07, 6.45) is 5.49. The molecule has 0 fully saturated rings. The summed E-state index contributed by atoms with van der Waals surface area (Å²) in [5.74, 6) is 0.164. The molecule has 0 saturated heterocycles. The van der Waals surface area contributed by atoms with Crippen LogP contribution in [0.15, 0.2) is 41.3 Å². The lowest BCUT2D eigenvalue weighted by Crippen LogP contribution is -2.28.